The second kappa shape index (κ2) is 9.54. The lowest BCUT2D eigenvalue weighted by atomic mass is 10.0. The monoisotopic (exact) mass is 450 g/mol. The van der Waals surface area contributed by atoms with E-state index in [1.165, 1.54) is 24.0 Å². The minimum absolute atomic E-state index is 0.102. The highest BCUT2D eigenvalue weighted by Crippen LogP contribution is 2.29. The molecule has 0 spiro atoms. The molecule has 2 aliphatic rings. The standard InChI is InChI=1S/C25H26N2O6/c1-16-6-3-4-8-21(16)24(30)26(15-20-7-5-13-32-20)22-14-23(29)27(25(22)31)18-9-11-19(12-10-18)33-17(2)28/h3-4,6,8-12,20,22H,5,7,13-15H2,1-2H3. The summed E-state index contributed by atoms with van der Waals surface area (Å²) in [7, 11) is 0. The van der Waals surface area contributed by atoms with Crippen molar-refractivity contribution in [3.05, 3.63) is 59.7 Å². The van der Waals surface area contributed by atoms with E-state index in [0.717, 1.165) is 23.3 Å². The molecule has 2 unspecified atom stereocenters. The Bertz CT molecular complexity index is 1070. The summed E-state index contributed by atoms with van der Waals surface area (Å²) in [5.74, 6) is -1.28. The van der Waals surface area contributed by atoms with E-state index in [9.17, 15) is 19.2 Å². The SMILES string of the molecule is CC(=O)Oc1ccc(N2C(=O)CC(N(CC3CCCO3)C(=O)c3ccccc3C)C2=O)cc1. The fraction of sp³-hybridized carbons (Fsp3) is 0.360. The summed E-state index contributed by atoms with van der Waals surface area (Å²) in [6.07, 6.45) is 1.43. The first kappa shape index (κ1) is 22.7. The van der Waals surface area contributed by atoms with Crippen LogP contribution >= 0.6 is 0 Å². The molecule has 0 bridgehead atoms. The van der Waals surface area contributed by atoms with E-state index >= 15 is 0 Å². The predicted molar refractivity (Wildman–Crippen MR) is 120 cm³/mol. The van der Waals surface area contributed by atoms with Crippen molar-refractivity contribution in [3.8, 4) is 5.75 Å². The van der Waals surface area contributed by atoms with Crippen molar-refractivity contribution in [3.63, 3.8) is 0 Å². The van der Waals surface area contributed by atoms with Gasteiger partial charge in [0.25, 0.3) is 11.8 Å². The molecule has 2 aliphatic heterocycles. The lowest BCUT2D eigenvalue weighted by molar-refractivity contribution is -0.132. The van der Waals surface area contributed by atoms with Gasteiger partial charge in [-0.3, -0.25) is 19.2 Å². The third kappa shape index (κ3) is 4.80. The summed E-state index contributed by atoms with van der Waals surface area (Å²) < 4.78 is 10.7. The molecule has 33 heavy (non-hydrogen) atoms. The van der Waals surface area contributed by atoms with Gasteiger partial charge < -0.3 is 14.4 Å². The molecule has 2 fully saturated rings. The largest absolute Gasteiger partial charge is 0.427 e. The summed E-state index contributed by atoms with van der Waals surface area (Å²) in [4.78, 5) is 53.5. The number of amides is 3. The Morgan fingerprint density at radius 1 is 1.12 bits per heavy atom. The van der Waals surface area contributed by atoms with Crippen molar-refractivity contribution < 1.29 is 28.7 Å². The Kier molecular flexibility index (Phi) is 6.55. The van der Waals surface area contributed by atoms with Crippen LogP contribution in [-0.4, -0.2) is 53.9 Å². The molecule has 0 N–H and O–H groups in total. The van der Waals surface area contributed by atoms with E-state index in [1.54, 1.807) is 24.3 Å². The number of rotatable bonds is 6. The Morgan fingerprint density at radius 3 is 2.48 bits per heavy atom. The summed E-state index contributed by atoms with van der Waals surface area (Å²) >= 11 is 0. The molecule has 0 saturated carbocycles. The van der Waals surface area contributed by atoms with Gasteiger partial charge in [-0.25, -0.2) is 4.90 Å². The van der Waals surface area contributed by atoms with Crippen LogP contribution in [0.1, 0.15) is 42.1 Å². The number of carbonyl (C=O) groups excluding carboxylic acids is 4. The predicted octanol–water partition coefficient (Wildman–Crippen LogP) is 2.87. The minimum atomic E-state index is -0.915. The van der Waals surface area contributed by atoms with Crippen LogP contribution in [0, 0.1) is 6.92 Å². The maximum absolute atomic E-state index is 13.5. The molecule has 172 valence electrons. The molecule has 8 heteroatoms. The van der Waals surface area contributed by atoms with Crippen LogP contribution in [0.5, 0.6) is 5.75 Å². The molecular formula is C25H26N2O6. The topological polar surface area (TPSA) is 93.2 Å². The highest BCUT2D eigenvalue weighted by atomic mass is 16.5. The van der Waals surface area contributed by atoms with Crippen LogP contribution in [-0.2, 0) is 19.1 Å². The molecule has 4 rings (SSSR count). The summed E-state index contributed by atoms with van der Waals surface area (Å²) in [6, 6.07) is 12.4. The first-order valence-electron chi connectivity index (χ1n) is 11.0. The molecule has 0 aromatic heterocycles. The van der Waals surface area contributed by atoms with Gasteiger partial charge in [-0.1, -0.05) is 18.2 Å². The number of carbonyl (C=O) groups is 4. The average molecular weight is 450 g/mol. The number of nitrogens with zero attached hydrogens (tertiary/aromatic N) is 2. The lowest BCUT2D eigenvalue weighted by Crippen LogP contribution is -2.48. The van der Waals surface area contributed by atoms with Crippen LogP contribution < -0.4 is 9.64 Å². The minimum Gasteiger partial charge on any atom is -0.427 e. The Morgan fingerprint density at radius 2 is 1.85 bits per heavy atom. The molecule has 8 nitrogen and oxygen atoms in total. The van der Waals surface area contributed by atoms with Crippen LogP contribution in [0.4, 0.5) is 5.69 Å². The van der Waals surface area contributed by atoms with Gasteiger partial charge in [0.2, 0.25) is 5.91 Å². The van der Waals surface area contributed by atoms with E-state index in [1.807, 2.05) is 19.1 Å². The van der Waals surface area contributed by atoms with Gasteiger partial charge in [0.15, 0.2) is 0 Å². The number of anilines is 1. The normalized spacial score (nSPS) is 20.2. The van der Waals surface area contributed by atoms with Gasteiger partial charge in [0.1, 0.15) is 11.8 Å². The molecular weight excluding hydrogens is 424 g/mol. The maximum Gasteiger partial charge on any atom is 0.308 e. The maximum atomic E-state index is 13.5. The second-order valence-electron chi connectivity index (χ2n) is 8.28. The zero-order valence-electron chi connectivity index (χ0n) is 18.7. The molecule has 0 radical (unpaired) electrons. The van der Waals surface area contributed by atoms with Gasteiger partial charge in [-0.2, -0.15) is 0 Å². The summed E-state index contributed by atoms with van der Waals surface area (Å²) in [5.41, 5.74) is 1.67. The number of hydrogen-bond donors (Lipinski definition) is 0. The highest BCUT2D eigenvalue weighted by molar-refractivity contribution is 6.23. The first-order valence-corrected chi connectivity index (χ1v) is 11.0. The average Bonchev–Trinajstić information content (AvgIpc) is 3.40. The van der Waals surface area contributed by atoms with Crippen molar-refractivity contribution >= 4 is 29.4 Å². The third-order valence-electron chi connectivity index (χ3n) is 5.92. The number of imide groups is 1. The molecule has 2 aromatic rings. The molecule has 2 heterocycles. The van der Waals surface area contributed by atoms with Crippen molar-refractivity contribution in [2.75, 3.05) is 18.1 Å². The van der Waals surface area contributed by atoms with E-state index in [-0.39, 0.29) is 30.9 Å². The number of aryl methyl sites for hydroxylation is 1. The fourth-order valence-electron chi connectivity index (χ4n) is 4.29. The molecule has 2 saturated heterocycles. The van der Waals surface area contributed by atoms with E-state index in [4.69, 9.17) is 9.47 Å². The van der Waals surface area contributed by atoms with Gasteiger partial charge >= 0.3 is 5.97 Å². The zero-order chi connectivity index (χ0) is 23.5. The van der Waals surface area contributed by atoms with Gasteiger partial charge in [-0.05, 0) is 55.7 Å². The van der Waals surface area contributed by atoms with Crippen molar-refractivity contribution in [1.82, 2.24) is 4.90 Å². The number of hydrogen-bond acceptors (Lipinski definition) is 6. The molecule has 2 atom stereocenters. The molecule has 0 aliphatic carbocycles. The van der Waals surface area contributed by atoms with Gasteiger partial charge in [0, 0.05) is 25.6 Å². The van der Waals surface area contributed by atoms with Crippen LogP contribution in [0.15, 0.2) is 48.5 Å². The fourth-order valence-corrected chi connectivity index (χ4v) is 4.29. The Hall–Kier alpha value is -3.52. The smallest absolute Gasteiger partial charge is 0.308 e. The van der Waals surface area contributed by atoms with Crippen molar-refractivity contribution in [1.29, 1.82) is 0 Å². The van der Waals surface area contributed by atoms with Gasteiger partial charge in [-0.15, -0.1) is 0 Å². The quantitative estimate of drug-likeness (QED) is 0.382. The number of esters is 1. The van der Waals surface area contributed by atoms with Crippen LogP contribution in [0.25, 0.3) is 0 Å². The number of benzene rings is 2. The lowest BCUT2D eigenvalue weighted by Gasteiger charge is -2.30. The second-order valence-corrected chi connectivity index (χ2v) is 8.28. The Labute approximate surface area is 192 Å². The molecule has 2 aromatic carbocycles. The van der Waals surface area contributed by atoms with E-state index in [0.29, 0.717) is 23.6 Å². The van der Waals surface area contributed by atoms with Gasteiger partial charge in [0.05, 0.1) is 18.2 Å². The summed E-state index contributed by atoms with van der Waals surface area (Å²) in [5, 5.41) is 0. The zero-order valence-corrected chi connectivity index (χ0v) is 18.7. The summed E-state index contributed by atoms with van der Waals surface area (Å²) in [6.45, 7) is 4.00. The number of ether oxygens (including phenoxy) is 2. The highest BCUT2D eigenvalue weighted by Gasteiger charge is 2.45. The van der Waals surface area contributed by atoms with Crippen molar-refractivity contribution in [2.45, 2.75) is 45.3 Å². The van der Waals surface area contributed by atoms with Crippen LogP contribution in [0.2, 0.25) is 0 Å². The van der Waals surface area contributed by atoms with Crippen LogP contribution in [0.3, 0.4) is 0 Å². The van der Waals surface area contributed by atoms with E-state index < -0.39 is 17.9 Å². The molecule has 3 amide bonds. The van der Waals surface area contributed by atoms with Crippen molar-refractivity contribution in [2.24, 2.45) is 0 Å². The third-order valence-corrected chi connectivity index (χ3v) is 5.92. The Balaban J connectivity index is 1.61. The first-order chi connectivity index (χ1) is 15.8. The van der Waals surface area contributed by atoms with E-state index in [2.05, 4.69) is 0 Å².